The minimum absolute atomic E-state index is 0.117. The first kappa shape index (κ1) is 22.0. The largest absolute Gasteiger partial charge is 0.507 e. The Hall–Kier alpha value is -3.16. The maximum atomic E-state index is 13.1. The molecule has 2 aromatic rings. The number of aliphatic hydroxyl groups is 1. The molecule has 2 aliphatic rings. The van der Waals surface area contributed by atoms with Crippen molar-refractivity contribution in [3.63, 3.8) is 0 Å². The van der Waals surface area contributed by atoms with Crippen LogP contribution < -0.4 is 4.74 Å². The molecule has 0 bridgehead atoms. The maximum Gasteiger partial charge on any atom is 0.295 e. The molecule has 7 heteroatoms. The summed E-state index contributed by atoms with van der Waals surface area (Å²) >= 11 is 0. The highest BCUT2D eigenvalue weighted by Gasteiger charge is 2.46. The normalized spacial score (nSPS) is 21.2. The summed E-state index contributed by atoms with van der Waals surface area (Å²) in [5.41, 5.74) is 2.46. The van der Waals surface area contributed by atoms with Crippen molar-refractivity contribution >= 4 is 17.4 Å². The Morgan fingerprint density at radius 1 is 1.03 bits per heavy atom. The lowest BCUT2D eigenvalue weighted by molar-refractivity contribution is -0.140. The fraction of sp³-hybridized carbons (Fsp3) is 0.360. The average Bonchev–Trinajstić information content (AvgIpc) is 3.08. The minimum Gasteiger partial charge on any atom is -0.507 e. The van der Waals surface area contributed by atoms with E-state index in [2.05, 4.69) is 4.90 Å². The predicted octanol–water partition coefficient (Wildman–Crippen LogP) is 2.76. The Morgan fingerprint density at radius 3 is 2.31 bits per heavy atom. The zero-order valence-electron chi connectivity index (χ0n) is 18.4. The molecule has 0 radical (unpaired) electrons. The Labute approximate surface area is 187 Å². The third kappa shape index (κ3) is 4.40. The van der Waals surface area contributed by atoms with Gasteiger partial charge in [0.2, 0.25) is 0 Å². The van der Waals surface area contributed by atoms with Gasteiger partial charge in [0.05, 0.1) is 31.9 Å². The van der Waals surface area contributed by atoms with E-state index in [1.165, 1.54) is 0 Å². The summed E-state index contributed by atoms with van der Waals surface area (Å²) in [5, 5.41) is 11.1. The summed E-state index contributed by atoms with van der Waals surface area (Å²) in [4.78, 5) is 29.9. The molecule has 2 aliphatic heterocycles. The van der Waals surface area contributed by atoms with E-state index in [4.69, 9.17) is 9.47 Å². The highest BCUT2D eigenvalue weighted by Crippen LogP contribution is 2.39. The lowest BCUT2D eigenvalue weighted by Gasteiger charge is -2.31. The van der Waals surface area contributed by atoms with Gasteiger partial charge in [-0.2, -0.15) is 0 Å². The van der Waals surface area contributed by atoms with Crippen molar-refractivity contribution in [1.29, 1.82) is 0 Å². The molecule has 4 rings (SSSR count). The quantitative estimate of drug-likeness (QED) is 0.426. The number of likely N-dealkylation sites (tertiary alicyclic amines) is 1. The summed E-state index contributed by atoms with van der Waals surface area (Å²) in [7, 11) is 1.56. The maximum absolute atomic E-state index is 13.1. The van der Waals surface area contributed by atoms with Gasteiger partial charge < -0.3 is 19.5 Å². The molecule has 2 saturated heterocycles. The number of hydrogen-bond acceptors (Lipinski definition) is 6. The second-order valence-electron chi connectivity index (χ2n) is 8.09. The topological polar surface area (TPSA) is 79.3 Å². The highest BCUT2D eigenvalue weighted by molar-refractivity contribution is 6.46. The minimum atomic E-state index is -0.661. The van der Waals surface area contributed by atoms with Crippen molar-refractivity contribution in [3.05, 3.63) is 70.8 Å². The number of rotatable bonds is 6. The molecule has 1 atom stereocenters. The van der Waals surface area contributed by atoms with Crippen molar-refractivity contribution in [3.8, 4) is 5.75 Å². The standard InChI is InChI=1S/C25H28N2O5/c1-17-3-5-18(6-4-17)22-21(23(28)19-7-9-20(31-2)10-8-19)24(29)25(30)27(22)12-11-26-13-15-32-16-14-26/h3-10,22,28H,11-16H2,1-2H3/b23-21+/t22-/m1/s1. The zero-order valence-corrected chi connectivity index (χ0v) is 18.4. The number of nitrogens with zero attached hydrogens (tertiary/aromatic N) is 2. The van der Waals surface area contributed by atoms with Crippen molar-refractivity contribution in [2.45, 2.75) is 13.0 Å². The van der Waals surface area contributed by atoms with Crippen LogP contribution in [0.15, 0.2) is 54.1 Å². The molecule has 1 N–H and O–H groups in total. The van der Waals surface area contributed by atoms with E-state index in [9.17, 15) is 14.7 Å². The number of morpholine rings is 1. The van der Waals surface area contributed by atoms with E-state index < -0.39 is 17.7 Å². The predicted molar refractivity (Wildman–Crippen MR) is 120 cm³/mol. The number of carbonyl (C=O) groups excluding carboxylic acids is 2. The summed E-state index contributed by atoms with van der Waals surface area (Å²) in [6.45, 7) is 5.94. The Bertz CT molecular complexity index is 1010. The first-order chi connectivity index (χ1) is 15.5. The van der Waals surface area contributed by atoms with Crippen molar-refractivity contribution < 1.29 is 24.2 Å². The zero-order chi connectivity index (χ0) is 22.7. The van der Waals surface area contributed by atoms with Crippen LogP contribution in [0.2, 0.25) is 0 Å². The third-order valence-corrected chi connectivity index (χ3v) is 6.06. The molecule has 0 spiro atoms. The van der Waals surface area contributed by atoms with Crippen LogP contribution in [0, 0.1) is 6.92 Å². The van der Waals surface area contributed by atoms with Crippen LogP contribution in [0.3, 0.4) is 0 Å². The number of ether oxygens (including phenoxy) is 2. The van der Waals surface area contributed by atoms with Gasteiger partial charge in [0.15, 0.2) is 0 Å². The number of methoxy groups -OCH3 is 1. The summed E-state index contributed by atoms with van der Waals surface area (Å²) in [5.74, 6) is -0.780. The number of carbonyl (C=O) groups is 2. The molecule has 168 valence electrons. The molecule has 32 heavy (non-hydrogen) atoms. The molecule has 0 aliphatic carbocycles. The van der Waals surface area contributed by atoms with Crippen LogP contribution in [-0.2, 0) is 14.3 Å². The Kier molecular flexibility index (Phi) is 6.58. The van der Waals surface area contributed by atoms with Gasteiger partial charge >= 0.3 is 0 Å². The Balaban J connectivity index is 1.71. The van der Waals surface area contributed by atoms with Crippen LogP contribution in [-0.4, -0.2) is 73.1 Å². The number of benzene rings is 2. The summed E-state index contributed by atoms with van der Waals surface area (Å²) < 4.78 is 10.6. The van der Waals surface area contributed by atoms with Crippen LogP contribution in [0.4, 0.5) is 0 Å². The second kappa shape index (κ2) is 9.54. The molecular weight excluding hydrogens is 408 g/mol. The van der Waals surface area contributed by atoms with Crippen molar-refractivity contribution in [2.75, 3.05) is 46.5 Å². The fourth-order valence-corrected chi connectivity index (χ4v) is 4.18. The van der Waals surface area contributed by atoms with Gasteiger partial charge in [-0.05, 0) is 36.8 Å². The van der Waals surface area contributed by atoms with E-state index >= 15 is 0 Å². The van der Waals surface area contributed by atoms with Crippen molar-refractivity contribution in [1.82, 2.24) is 9.80 Å². The van der Waals surface area contributed by atoms with E-state index in [0.717, 1.165) is 24.2 Å². The molecule has 0 aromatic heterocycles. The summed E-state index contributed by atoms with van der Waals surface area (Å²) in [6, 6.07) is 13.9. The lowest BCUT2D eigenvalue weighted by Crippen LogP contribution is -2.42. The number of Topliss-reactive ketones (excluding diaryl/α,β-unsaturated/α-hetero) is 1. The number of aliphatic hydroxyl groups excluding tert-OH is 1. The molecule has 0 unspecified atom stereocenters. The third-order valence-electron chi connectivity index (χ3n) is 6.06. The molecule has 0 saturated carbocycles. The van der Waals surface area contributed by atoms with Gasteiger partial charge in [0, 0.05) is 31.7 Å². The molecule has 2 heterocycles. The van der Waals surface area contributed by atoms with Gasteiger partial charge in [-0.3, -0.25) is 14.5 Å². The number of ketones is 1. The van der Waals surface area contributed by atoms with E-state index in [1.54, 1.807) is 36.3 Å². The van der Waals surface area contributed by atoms with Crippen LogP contribution in [0.5, 0.6) is 5.75 Å². The van der Waals surface area contributed by atoms with E-state index in [-0.39, 0.29) is 11.3 Å². The monoisotopic (exact) mass is 436 g/mol. The second-order valence-corrected chi connectivity index (χ2v) is 8.09. The fourth-order valence-electron chi connectivity index (χ4n) is 4.18. The molecule has 1 amide bonds. The first-order valence-corrected chi connectivity index (χ1v) is 10.8. The molecule has 2 fully saturated rings. The van der Waals surface area contributed by atoms with Crippen molar-refractivity contribution in [2.24, 2.45) is 0 Å². The number of hydrogen-bond donors (Lipinski definition) is 1. The SMILES string of the molecule is COc1ccc(/C(O)=C2\C(=O)C(=O)N(CCN3CCOCC3)[C@@H]2c2ccc(C)cc2)cc1. The smallest absolute Gasteiger partial charge is 0.295 e. The van der Waals surface area contributed by atoms with E-state index in [1.807, 2.05) is 31.2 Å². The van der Waals surface area contributed by atoms with Crippen LogP contribution in [0.1, 0.15) is 22.7 Å². The number of aryl methyl sites for hydroxylation is 1. The van der Waals surface area contributed by atoms with Gasteiger partial charge in [0.1, 0.15) is 11.5 Å². The first-order valence-electron chi connectivity index (χ1n) is 10.8. The number of amides is 1. The van der Waals surface area contributed by atoms with Gasteiger partial charge in [0.25, 0.3) is 11.7 Å². The molecule has 7 nitrogen and oxygen atoms in total. The van der Waals surface area contributed by atoms with Gasteiger partial charge in [-0.25, -0.2) is 0 Å². The highest BCUT2D eigenvalue weighted by atomic mass is 16.5. The lowest BCUT2D eigenvalue weighted by atomic mass is 9.94. The van der Waals surface area contributed by atoms with Crippen LogP contribution in [0.25, 0.3) is 5.76 Å². The van der Waals surface area contributed by atoms with Crippen LogP contribution >= 0.6 is 0 Å². The average molecular weight is 437 g/mol. The molecular formula is C25H28N2O5. The van der Waals surface area contributed by atoms with E-state index in [0.29, 0.717) is 37.6 Å². The molecule has 2 aromatic carbocycles. The van der Waals surface area contributed by atoms with Gasteiger partial charge in [-0.15, -0.1) is 0 Å². The van der Waals surface area contributed by atoms with Gasteiger partial charge in [-0.1, -0.05) is 29.8 Å². The summed E-state index contributed by atoms with van der Waals surface area (Å²) in [6.07, 6.45) is 0. The Morgan fingerprint density at radius 2 is 1.69 bits per heavy atom.